The van der Waals surface area contributed by atoms with Crippen LogP contribution in [0.25, 0.3) is 16.6 Å². The number of para-hydroxylation sites is 2. The van der Waals surface area contributed by atoms with E-state index in [1.54, 1.807) is 66.1 Å². The van der Waals surface area contributed by atoms with Crippen molar-refractivity contribution in [2.75, 3.05) is 11.9 Å². The zero-order valence-corrected chi connectivity index (χ0v) is 16.9. The van der Waals surface area contributed by atoms with Crippen molar-refractivity contribution >= 4 is 34.1 Å². The van der Waals surface area contributed by atoms with Gasteiger partial charge in [-0.05, 0) is 55.5 Å². The van der Waals surface area contributed by atoms with Gasteiger partial charge in [-0.25, -0.2) is 4.98 Å². The lowest BCUT2D eigenvalue weighted by atomic mass is 10.2. The van der Waals surface area contributed by atoms with Gasteiger partial charge in [0.05, 0.1) is 21.6 Å². The average Bonchev–Trinajstić information content (AvgIpc) is 2.74. The number of hydrogen-bond donors (Lipinski definition) is 1. The quantitative estimate of drug-likeness (QED) is 0.521. The minimum absolute atomic E-state index is 0.136. The Hall–Kier alpha value is -3.64. The minimum Gasteiger partial charge on any atom is -0.482 e. The molecule has 0 atom stereocenters. The second kappa shape index (κ2) is 8.39. The number of halogens is 1. The molecule has 150 valence electrons. The molecule has 0 bridgehead atoms. The molecule has 7 heteroatoms. The molecule has 1 N–H and O–H groups in total. The second-order valence-electron chi connectivity index (χ2n) is 6.63. The van der Waals surface area contributed by atoms with E-state index in [0.29, 0.717) is 38.9 Å². The van der Waals surface area contributed by atoms with Crippen LogP contribution in [0.1, 0.15) is 5.82 Å². The molecule has 3 aromatic carbocycles. The fourth-order valence-corrected chi connectivity index (χ4v) is 3.33. The van der Waals surface area contributed by atoms with Crippen LogP contribution in [-0.2, 0) is 4.79 Å². The lowest BCUT2D eigenvalue weighted by molar-refractivity contribution is -0.118. The summed E-state index contributed by atoms with van der Waals surface area (Å²) < 4.78 is 6.99. The highest BCUT2D eigenvalue weighted by Crippen LogP contribution is 2.23. The Labute approximate surface area is 177 Å². The number of aromatic nitrogens is 2. The van der Waals surface area contributed by atoms with Gasteiger partial charge in [-0.1, -0.05) is 35.9 Å². The number of benzene rings is 3. The van der Waals surface area contributed by atoms with Crippen LogP contribution >= 0.6 is 11.6 Å². The summed E-state index contributed by atoms with van der Waals surface area (Å²) in [6.07, 6.45) is 0. The van der Waals surface area contributed by atoms with E-state index in [1.165, 1.54) is 0 Å². The monoisotopic (exact) mass is 419 g/mol. The van der Waals surface area contributed by atoms with E-state index in [2.05, 4.69) is 10.3 Å². The van der Waals surface area contributed by atoms with Gasteiger partial charge >= 0.3 is 0 Å². The summed E-state index contributed by atoms with van der Waals surface area (Å²) in [7, 11) is 0. The molecule has 0 aliphatic rings. The molecule has 6 nitrogen and oxygen atoms in total. The van der Waals surface area contributed by atoms with Crippen LogP contribution in [0.3, 0.4) is 0 Å². The van der Waals surface area contributed by atoms with Gasteiger partial charge in [-0.15, -0.1) is 0 Å². The van der Waals surface area contributed by atoms with E-state index in [1.807, 2.05) is 18.2 Å². The summed E-state index contributed by atoms with van der Waals surface area (Å²) in [4.78, 5) is 29.6. The molecule has 1 heterocycles. The third-order valence-electron chi connectivity index (χ3n) is 4.55. The number of rotatable bonds is 5. The van der Waals surface area contributed by atoms with Crippen molar-refractivity contribution in [3.05, 3.63) is 94.0 Å². The first-order valence-corrected chi connectivity index (χ1v) is 9.67. The summed E-state index contributed by atoms with van der Waals surface area (Å²) in [5, 5.41) is 3.76. The maximum Gasteiger partial charge on any atom is 0.265 e. The van der Waals surface area contributed by atoms with E-state index in [0.717, 1.165) is 0 Å². The summed E-state index contributed by atoms with van der Waals surface area (Å²) in [5.41, 5.74) is 1.79. The molecular weight excluding hydrogens is 402 g/mol. The van der Waals surface area contributed by atoms with E-state index in [9.17, 15) is 9.59 Å². The topological polar surface area (TPSA) is 73.2 Å². The minimum atomic E-state index is -0.316. The van der Waals surface area contributed by atoms with Crippen LogP contribution < -0.4 is 15.6 Å². The van der Waals surface area contributed by atoms with E-state index >= 15 is 0 Å². The molecule has 0 saturated carbocycles. The van der Waals surface area contributed by atoms with Crippen LogP contribution in [-0.4, -0.2) is 22.1 Å². The second-order valence-corrected chi connectivity index (χ2v) is 7.04. The Morgan fingerprint density at radius 1 is 1.03 bits per heavy atom. The number of nitrogens with one attached hydrogen (secondary N) is 1. The number of hydrogen-bond acceptors (Lipinski definition) is 4. The maximum atomic E-state index is 12.9. The fourth-order valence-electron chi connectivity index (χ4n) is 3.14. The van der Waals surface area contributed by atoms with Gasteiger partial charge in [-0.3, -0.25) is 14.2 Å². The molecule has 1 aromatic heterocycles. The molecule has 0 aliphatic heterocycles. The Bertz CT molecular complexity index is 1280. The number of ether oxygens (including phenoxy) is 1. The summed E-state index contributed by atoms with van der Waals surface area (Å²) in [6, 6.07) is 21.2. The Morgan fingerprint density at radius 3 is 2.50 bits per heavy atom. The molecule has 0 saturated heterocycles. The first kappa shape index (κ1) is 19.7. The lowest BCUT2D eigenvalue weighted by Crippen LogP contribution is -2.22. The largest absolute Gasteiger partial charge is 0.482 e. The molecule has 0 spiro atoms. The summed E-state index contributed by atoms with van der Waals surface area (Å²) in [5.74, 6) is 0.718. The molecule has 1 amide bonds. The van der Waals surface area contributed by atoms with Crippen molar-refractivity contribution in [2.45, 2.75) is 6.92 Å². The molecule has 30 heavy (non-hydrogen) atoms. The Balaban J connectivity index is 1.50. The predicted octanol–water partition coefficient (Wildman–Crippen LogP) is 4.37. The highest BCUT2D eigenvalue weighted by atomic mass is 35.5. The number of nitrogens with zero attached hydrogens (tertiary/aromatic N) is 2. The van der Waals surface area contributed by atoms with E-state index in [4.69, 9.17) is 16.3 Å². The molecule has 0 aliphatic carbocycles. The van der Waals surface area contributed by atoms with Crippen molar-refractivity contribution in [1.29, 1.82) is 0 Å². The van der Waals surface area contributed by atoms with Gasteiger partial charge in [0.1, 0.15) is 11.6 Å². The van der Waals surface area contributed by atoms with Crippen molar-refractivity contribution in [3.63, 3.8) is 0 Å². The van der Waals surface area contributed by atoms with Gasteiger partial charge < -0.3 is 10.1 Å². The summed E-state index contributed by atoms with van der Waals surface area (Å²) >= 11 is 6.02. The molecule has 4 rings (SSSR count). The van der Waals surface area contributed by atoms with Crippen LogP contribution in [0.4, 0.5) is 5.69 Å². The van der Waals surface area contributed by atoms with E-state index < -0.39 is 0 Å². The van der Waals surface area contributed by atoms with Crippen LogP contribution in [0.2, 0.25) is 5.02 Å². The zero-order chi connectivity index (χ0) is 21.1. The number of anilines is 1. The number of carbonyl (C=O) groups is 1. The maximum absolute atomic E-state index is 12.9. The van der Waals surface area contributed by atoms with Crippen molar-refractivity contribution in [3.8, 4) is 11.4 Å². The third kappa shape index (κ3) is 4.04. The first-order chi connectivity index (χ1) is 14.5. The van der Waals surface area contributed by atoms with Crippen molar-refractivity contribution < 1.29 is 9.53 Å². The standard InChI is InChI=1S/C23H18ClN3O3/c1-15-25-20-8-4-2-6-18(20)23(29)27(15)17-12-10-16(11-13-17)26-22(28)14-30-21-9-5-3-7-19(21)24/h2-13H,14H2,1H3,(H,26,28). The number of fused-ring (bicyclic) bond motifs is 1. The van der Waals surface area contributed by atoms with Crippen LogP contribution in [0.5, 0.6) is 5.75 Å². The van der Waals surface area contributed by atoms with Crippen molar-refractivity contribution in [1.82, 2.24) is 9.55 Å². The van der Waals surface area contributed by atoms with E-state index in [-0.39, 0.29) is 18.1 Å². The predicted molar refractivity (Wildman–Crippen MR) is 118 cm³/mol. The van der Waals surface area contributed by atoms with Gasteiger partial charge in [0.15, 0.2) is 6.61 Å². The molecular formula is C23H18ClN3O3. The van der Waals surface area contributed by atoms with Crippen LogP contribution in [0, 0.1) is 6.92 Å². The normalized spacial score (nSPS) is 10.7. The van der Waals surface area contributed by atoms with Crippen LogP contribution in [0.15, 0.2) is 77.6 Å². The SMILES string of the molecule is Cc1nc2ccccc2c(=O)n1-c1ccc(NC(=O)COc2ccccc2Cl)cc1. The zero-order valence-electron chi connectivity index (χ0n) is 16.1. The van der Waals surface area contributed by atoms with Crippen molar-refractivity contribution in [2.24, 2.45) is 0 Å². The van der Waals surface area contributed by atoms with Gasteiger partial charge in [0.2, 0.25) is 0 Å². The first-order valence-electron chi connectivity index (χ1n) is 9.29. The van der Waals surface area contributed by atoms with Gasteiger partial charge in [0.25, 0.3) is 11.5 Å². The highest BCUT2D eigenvalue weighted by molar-refractivity contribution is 6.32. The highest BCUT2D eigenvalue weighted by Gasteiger charge is 2.10. The molecule has 0 fully saturated rings. The van der Waals surface area contributed by atoms with Gasteiger partial charge in [0, 0.05) is 5.69 Å². The molecule has 0 unspecified atom stereocenters. The number of amides is 1. The molecule has 4 aromatic rings. The van der Waals surface area contributed by atoms with Gasteiger partial charge in [-0.2, -0.15) is 0 Å². The number of aryl methyl sites for hydroxylation is 1. The Kier molecular flexibility index (Phi) is 5.50. The summed E-state index contributed by atoms with van der Waals surface area (Å²) in [6.45, 7) is 1.62. The molecule has 0 radical (unpaired) electrons. The fraction of sp³-hybridized carbons (Fsp3) is 0.0870. The smallest absolute Gasteiger partial charge is 0.265 e. The number of carbonyl (C=O) groups excluding carboxylic acids is 1. The third-order valence-corrected chi connectivity index (χ3v) is 4.86. The average molecular weight is 420 g/mol. The Morgan fingerprint density at radius 2 is 1.73 bits per heavy atom. The lowest BCUT2D eigenvalue weighted by Gasteiger charge is -2.12.